The molecule has 1 aromatic rings. The van der Waals surface area contributed by atoms with Gasteiger partial charge >= 0.3 is 5.97 Å². The highest BCUT2D eigenvalue weighted by Gasteiger charge is 2.33. The zero-order chi connectivity index (χ0) is 10.8. The minimum absolute atomic E-state index is 0.343. The maximum Gasteiger partial charge on any atom is 0.309 e. The van der Waals surface area contributed by atoms with Crippen molar-refractivity contribution in [2.24, 2.45) is 13.0 Å². The van der Waals surface area contributed by atoms with Gasteiger partial charge in [0.1, 0.15) is 0 Å². The van der Waals surface area contributed by atoms with E-state index >= 15 is 0 Å². The molecule has 2 rings (SSSR count). The molecule has 1 N–H and O–H groups in total. The summed E-state index contributed by atoms with van der Waals surface area (Å²) < 4.78 is 7.18. The molecule has 1 aromatic heterocycles. The van der Waals surface area contributed by atoms with Crippen molar-refractivity contribution in [1.82, 2.24) is 9.78 Å². The number of aryl methyl sites for hydroxylation is 1. The molecule has 0 spiro atoms. The van der Waals surface area contributed by atoms with Crippen LogP contribution in [-0.2, 0) is 16.6 Å². The van der Waals surface area contributed by atoms with Gasteiger partial charge in [-0.15, -0.1) is 0 Å². The summed E-state index contributed by atoms with van der Waals surface area (Å²) in [5, 5.41) is 13.1. The summed E-state index contributed by atoms with van der Waals surface area (Å²) in [6.07, 6.45) is 4.63. The van der Waals surface area contributed by atoms with Crippen molar-refractivity contribution in [3.63, 3.8) is 0 Å². The second-order valence-electron chi connectivity index (χ2n) is 3.83. The Morgan fingerprint density at radius 3 is 3.13 bits per heavy atom. The van der Waals surface area contributed by atoms with Gasteiger partial charge in [-0.2, -0.15) is 5.10 Å². The van der Waals surface area contributed by atoms with E-state index in [9.17, 15) is 4.79 Å². The Hall–Kier alpha value is -1.36. The first-order chi connectivity index (χ1) is 7.18. The van der Waals surface area contributed by atoms with Crippen LogP contribution in [0.25, 0.3) is 0 Å². The van der Waals surface area contributed by atoms with Crippen LogP contribution in [0, 0.1) is 5.92 Å². The molecule has 1 aliphatic rings. The molecule has 2 heterocycles. The first kappa shape index (κ1) is 10.2. The van der Waals surface area contributed by atoms with Gasteiger partial charge < -0.3 is 9.84 Å². The number of hydrogen-bond donors (Lipinski definition) is 1. The lowest BCUT2D eigenvalue weighted by atomic mass is 9.91. The normalized spacial score (nSPS) is 26.5. The maximum atomic E-state index is 11.0. The molecule has 5 heteroatoms. The second kappa shape index (κ2) is 4.02. The van der Waals surface area contributed by atoms with Crippen molar-refractivity contribution in [3.8, 4) is 0 Å². The zero-order valence-corrected chi connectivity index (χ0v) is 8.59. The van der Waals surface area contributed by atoms with E-state index < -0.39 is 11.9 Å². The molecule has 1 saturated heterocycles. The van der Waals surface area contributed by atoms with Gasteiger partial charge in [0.15, 0.2) is 0 Å². The third-order valence-corrected chi connectivity index (χ3v) is 2.69. The van der Waals surface area contributed by atoms with Gasteiger partial charge in [-0.25, -0.2) is 0 Å². The van der Waals surface area contributed by atoms with E-state index in [1.165, 1.54) is 0 Å². The van der Waals surface area contributed by atoms with E-state index in [0.717, 1.165) is 12.0 Å². The van der Waals surface area contributed by atoms with Gasteiger partial charge in [-0.3, -0.25) is 9.48 Å². The van der Waals surface area contributed by atoms with Crippen molar-refractivity contribution in [2.75, 3.05) is 6.61 Å². The van der Waals surface area contributed by atoms with Gasteiger partial charge in [0.25, 0.3) is 0 Å². The number of aromatic nitrogens is 2. The predicted octanol–water partition coefficient (Wildman–Crippen LogP) is 0.972. The number of carboxylic acid groups (broad SMARTS) is 1. The first-order valence-corrected chi connectivity index (χ1v) is 5.01. The summed E-state index contributed by atoms with van der Waals surface area (Å²) in [6.45, 7) is 0.628. The molecule has 0 unspecified atom stereocenters. The topological polar surface area (TPSA) is 64.3 Å². The number of aliphatic carboxylic acids is 1. The number of carboxylic acids is 1. The highest BCUT2D eigenvalue weighted by molar-refractivity contribution is 5.71. The molecule has 1 aliphatic heterocycles. The van der Waals surface area contributed by atoms with Gasteiger partial charge in [0.05, 0.1) is 18.2 Å². The summed E-state index contributed by atoms with van der Waals surface area (Å²) in [5.74, 6) is -1.23. The molecule has 0 aromatic carbocycles. The Bertz CT molecular complexity index is 361. The molecule has 1 fully saturated rings. The molecule has 0 saturated carbocycles. The fraction of sp³-hybridized carbons (Fsp3) is 0.600. The Morgan fingerprint density at radius 1 is 1.73 bits per heavy atom. The van der Waals surface area contributed by atoms with E-state index in [1.54, 1.807) is 10.9 Å². The lowest BCUT2D eigenvalue weighted by molar-refractivity contribution is -0.151. The van der Waals surface area contributed by atoms with Crippen LogP contribution in [0.5, 0.6) is 0 Å². The van der Waals surface area contributed by atoms with E-state index in [0.29, 0.717) is 13.0 Å². The van der Waals surface area contributed by atoms with Crippen molar-refractivity contribution in [2.45, 2.75) is 18.9 Å². The van der Waals surface area contributed by atoms with E-state index in [1.807, 2.05) is 13.2 Å². The smallest absolute Gasteiger partial charge is 0.309 e. The fourth-order valence-corrected chi connectivity index (χ4v) is 1.95. The van der Waals surface area contributed by atoms with Gasteiger partial charge in [0, 0.05) is 25.4 Å². The summed E-state index contributed by atoms with van der Waals surface area (Å²) >= 11 is 0. The molecule has 15 heavy (non-hydrogen) atoms. The second-order valence-corrected chi connectivity index (χ2v) is 3.83. The van der Waals surface area contributed by atoms with Crippen molar-refractivity contribution >= 4 is 5.97 Å². The molecule has 0 aliphatic carbocycles. The Kier molecular flexibility index (Phi) is 2.73. The Morgan fingerprint density at radius 2 is 2.53 bits per heavy atom. The van der Waals surface area contributed by atoms with Gasteiger partial charge in [-0.1, -0.05) is 0 Å². The number of nitrogens with zero attached hydrogens (tertiary/aromatic N) is 2. The van der Waals surface area contributed by atoms with Crippen molar-refractivity contribution in [1.29, 1.82) is 0 Å². The lowest BCUT2D eigenvalue weighted by Gasteiger charge is -2.27. The van der Waals surface area contributed by atoms with Crippen LogP contribution in [0.3, 0.4) is 0 Å². The fourth-order valence-electron chi connectivity index (χ4n) is 1.95. The largest absolute Gasteiger partial charge is 0.481 e. The monoisotopic (exact) mass is 210 g/mol. The summed E-state index contributed by atoms with van der Waals surface area (Å²) in [6, 6.07) is 0. The van der Waals surface area contributed by atoms with Crippen molar-refractivity contribution in [3.05, 3.63) is 18.0 Å². The van der Waals surface area contributed by atoms with Crippen LogP contribution in [-0.4, -0.2) is 27.5 Å². The molecule has 0 bridgehead atoms. The minimum atomic E-state index is -0.788. The molecule has 5 nitrogen and oxygen atoms in total. The predicted molar refractivity (Wildman–Crippen MR) is 52.3 cm³/mol. The number of ether oxygens (including phenoxy) is 1. The Labute approximate surface area is 87.7 Å². The van der Waals surface area contributed by atoms with Gasteiger partial charge in [-0.05, 0) is 12.8 Å². The number of carbonyl (C=O) groups is 1. The quantitative estimate of drug-likeness (QED) is 0.790. The number of rotatable bonds is 2. The SMILES string of the molecule is Cn1cc([C@@H]2OCCC[C@H]2C(=O)O)cn1. The van der Waals surface area contributed by atoms with Crippen molar-refractivity contribution < 1.29 is 14.6 Å². The summed E-state index contributed by atoms with van der Waals surface area (Å²) in [5.41, 5.74) is 0.851. The first-order valence-electron chi connectivity index (χ1n) is 5.01. The van der Waals surface area contributed by atoms with Crippen LogP contribution in [0.4, 0.5) is 0 Å². The lowest BCUT2D eigenvalue weighted by Crippen LogP contribution is -2.28. The van der Waals surface area contributed by atoms with E-state index in [4.69, 9.17) is 9.84 Å². The molecule has 0 amide bonds. The molecular weight excluding hydrogens is 196 g/mol. The highest BCUT2D eigenvalue weighted by Crippen LogP contribution is 2.33. The third kappa shape index (κ3) is 2.02. The van der Waals surface area contributed by atoms with Crippen LogP contribution >= 0.6 is 0 Å². The third-order valence-electron chi connectivity index (χ3n) is 2.69. The van der Waals surface area contributed by atoms with E-state index in [2.05, 4.69) is 5.10 Å². The average Bonchev–Trinajstić information content (AvgIpc) is 2.65. The molecule has 82 valence electrons. The number of hydrogen-bond acceptors (Lipinski definition) is 3. The van der Waals surface area contributed by atoms with Crippen LogP contribution in [0.2, 0.25) is 0 Å². The van der Waals surface area contributed by atoms with Crippen LogP contribution < -0.4 is 0 Å². The highest BCUT2D eigenvalue weighted by atomic mass is 16.5. The molecular formula is C10H14N2O3. The van der Waals surface area contributed by atoms with Crippen LogP contribution in [0.1, 0.15) is 24.5 Å². The molecule has 0 radical (unpaired) electrons. The summed E-state index contributed by atoms with van der Waals surface area (Å²) in [7, 11) is 1.81. The minimum Gasteiger partial charge on any atom is -0.481 e. The standard InChI is InChI=1S/C10H14N2O3/c1-12-6-7(5-11-12)9-8(10(13)14)3-2-4-15-9/h5-6,8-9H,2-4H2,1H3,(H,13,14)/t8-,9+/m1/s1. The van der Waals surface area contributed by atoms with E-state index in [-0.39, 0.29) is 6.10 Å². The van der Waals surface area contributed by atoms with Gasteiger partial charge in [0.2, 0.25) is 0 Å². The average molecular weight is 210 g/mol. The van der Waals surface area contributed by atoms with Crippen LogP contribution in [0.15, 0.2) is 12.4 Å². The molecule has 2 atom stereocenters. The summed E-state index contributed by atoms with van der Waals surface area (Å²) in [4.78, 5) is 11.0. The Balaban J connectivity index is 2.21. The zero-order valence-electron chi connectivity index (χ0n) is 8.59. The maximum absolute atomic E-state index is 11.0.